The van der Waals surface area contributed by atoms with Gasteiger partial charge in [-0.15, -0.1) is 10.2 Å². The lowest BCUT2D eigenvalue weighted by Crippen LogP contribution is -2.33. The van der Waals surface area contributed by atoms with Crippen molar-refractivity contribution in [1.29, 1.82) is 0 Å². The molecule has 0 bridgehead atoms. The quantitative estimate of drug-likeness (QED) is 0.555. The van der Waals surface area contributed by atoms with E-state index in [-0.39, 0.29) is 10.6 Å². The lowest BCUT2D eigenvalue weighted by Gasteiger charge is -2.30. The molecule has 1 aliphatic heterocycles. The summed E-state index contributed by atoms with van der Waals surface area (Å²) in [5.74, 6) is 2.31. The Morgan fingerprint density at radius 1 is 0.939 bits per heavy atom. The van der Waals surface area contributed by atoms with E-state index in [0.29, 0.717) is 11.4 Å². The number of anilines is 2. The Balaban J connectivity index is 1.48. The molecule has 0 amide bonds. The van der Waals surface area contributed by atoms with Gasteiger partial charge in [0.15, 0.2) is 5.82 Å². The maximum atomic E-state index is 12.9. The first-order valence-corrected chi connectivity index (χ1v) is 12.3. The fourth-order valence-corrected chi connectivity index (χ4v) is 5.04. The summed E-state index contributed by atoms with van der Waals surface area (Å²) in [4.78, 5) is 2.27. The molecule has 1 N–H and O–H groups in total. The molecule has 3 aromatic rings. The molecule has 0 unspecified atom stereocenters. The van der Waals surface area contributed by atoms with Crippen LogP contribution in [0.5, 0.6) is 11.5 Å². The van der Waals surface area contributed by atoms with Gasteiger partial charge in [-0.2, -0.15) is 0 Å². The largest absolute Gasteiger partial charge is 0.497 e. The van der Waals surface area contributed by atoms with Gasteiger partial charge in [0.25, 0.3) is 10.0 Å². The molecule has 2 aromatic carbocycles. The van der Waals surface area contributed by atoms with Gasteiger partial charge in [-0.25, -0.2) is 8.42 Å². The fourth-order valence-electron chi connectivity index (χ4n) is 3.80. The van der Waals surface area contributed by atoms with Gasteiger partial charge in [0.2, 0.25) is 0 Å². The SMILES string of the molecule is COc1ccc(OC)c(S(=O)(=O)Nc2ccc(-c3ccc(N4CCC(C)CC4)nn3)cc2)c1. The van der Waals surface area contributed by atoms with Gasteiger partial charge in [0.05, 0.1) is 19.9 Å². The van der Waals surface area contributed by atoms with Crippen molar-refractivity contribution < 1.29 is 17.9 Å². The van der Waals surface area contributed by atoms with Crippen molar-refractivity contribution in [1.82, 2.24) is 10.2 Å². The first-order valence-electron chi connectivity index (χ1n) is 10.8. The number of hydrogen-bond acceptors (Lipinski definition) is 7. The number of methoxy groups -OCH3 is 2. The molecule has 9 heteroatoms. The van der Waals surface area contributed by atoms with Crippen LogP contribution in [-0.2, 0) is 10.0 Å². The number of nitrogens with zero attached hydrogens (tertiary/aromatic N) is 3. The highest BCUT2D eigenvalue weighted by atomic mass is 32.2. The fraction of sp³-hybridized carbons (Fsp3) is 0.333. The molecule has 1 fully saturated rings. The minimum absolute atomic E-state index is 0.00184. The zero-order chi connectivity index (χ0) is 23.4. The van der Waals surface area contributed by atoms with Crippen LogP contribution in [-0.4, -0.2) is 45.9 Å². The normalized spacial score (nSPS) is 14.7. The predicted molar refractivity (Wildman–Crippen MR) is 128 cm³/mol. The number of rotatable bonds is 7. The average Bonchev–Trinajstić information content (AvgIpc) is 2.84. The van der Waals surface area contributed by atoms with Crippen LogP contribution in [0.3, 0.4) is 0 Å². The van der Waals surface area contributed by atoms with E-state index in [0.717, 1.165) is 36.1 Å². The van der Waals surface area contributed by atoms with Crippen LogP contribution in [0.1, 0.15) is 19.8 Å². The van der Waals surface area contributed by atoms with E-state index >= 15 is 0 Å². The van der Waals surface area contributed by atoms with Crippen LogP contribution < -0.4 is 19.1 Å². The molecular formula is C24H28N4O4S. The van der Waals surface area contributed by atoms with E-state index in [1.165, 1.54) is 33.1 Å². The molecule has 0 saturated carbocycles. The summed E-state index contributed by atoms with van der Waals surface area (Å²) in [6.45, 7) is 4.29. The van der Waals surface area contributed by atoms with Crippen molar-refractivity contribution in [2.75, 3.05) is 36.9 Å². The molecular weight excluding hydrogens is 440 g/mol. The molecule has 0 radical (unpaired) electrons. The highest BCUT2D eigenvalue weighted by Crippen LogP contribution is 2.30. The maximum absolute atomic E-state index is 12.9. The average molecular weight is 469 g/mol. The van der Waals surface area contributed by atoms with E-state index < -0.39 is 10.0 Å². The van der Waals surface area contributed by atoms with Crippen molar-refractivity contribution in [3.05, 3.63) is 54.6 Å². The number of aromatic nitrogens is 2. The summed E-state index contributed by atoms with van der Waals surface area (Å²) in [6.07, 6.45) is 2.34. The molecule has 8 nitrogen and oxygen atoms in total. The minimum atomic E-state index is -3.88. The standard InChI is InChI=1S/C24H28N4O4S/c1-17-12-14-28(15-13-17)24-11-9-21(25-26-24)18-4-6-19(7-5-18)27-33(29,30)23-16-20(31-2)8-10-22(23)32-3/h4-11,16-17,27H,12-15H2,1-3H3. The van der Waals surface area contributed by atoms with Gasteiger partial charge >= 0.3 is 0 Å². The topological polar surface area (TPSA) is 93.6 Å². The number of hydrogen-bond donors (Lipinski definition) is 1. The lowest BCUT2D eigenvalue weighted by molar-refractivity contribution is 0.392. The van der Waals surface area contributed by atoms with Crippen LogP contribution in [0.4, 0.5) is 11.5 Å². The highest BCUT2D eigenvalue weighted by Gasteiger charge is 2.21. The van der Waals surface area contributed by atoms with Gasteiger partial charge in [-0.3, -0.25) is 4.72 Å². The van der Waals surface area contributed by atoms with E-state index in [2.05, 4.69) is 26.7 Å². The zero-order valence-corrected chi connectivity index (χ0v) is 19.8. The summed E-state index contributed by atoms with van der Waals surface area (Å²) in [7, 11) is -0.973. The second kappa shape index (κ2) is 9.66. The molecule has 4 rings (SSSR count). The number of ether oxygens (including phenoxy) is 2. The monoisotopic (exact) mass is 468 g/mol. The highest BCUT2D eigenvalue weighted by molar-refractivity contribution is 7.92. The van der Waals surface area contributed by atoms with Gasteiger partial charge in [0.1, 0.15) is 16.4 Å². The van der Waals surface area contributed by atoms with Gasteiger partial charge in [-0.1, -0.05) is 19.1 Å². The van der Waals surface area contributed by atoms with E-state index in [4.69, 9.17) is 9.47 Å². The Hall–Kier alpha value is -3.33. The van der Waals surface area contributed by atoms with Crippen molar-refractivity contribution in [2.24, 2.45) is 5.92 Å². The van der Waals surface area contributed by atoms with Crippen molar-refractivity contribution in [3.8, 4) is 22.8 Å². The summed E-state index contributed by atoms with van der Waals surface area (Å²) < 4.78 is 38.8. The Bertz CT molecular complexity index is 1190. The van der Waals surface area contributed by atoms with Gasteiger partial charge in [0, 0.05) is 30.4 Å². The third kappa shape index (κ3) is 5.19. The third-order valence-corrected chi connectivity index (χ3v) is 7.25. The van der Waals surface area contributed by atoms with E-state index in [1.807, 2.05) is 24.3 Å². The van der Waals surface area contributed by atoms with Gasteiger partial charge in [-0.05, 0) is 55.2 Å². The van der Waals surface area contributed by atoms with Crippen LogP contribution in [0.15, 0.2) is 59.5 Å². The number of nitrogens with one attached hydrogen (secondary N) is 1. The summed E-state index contributed by atoms with van der Waals surface area (Å²) in [5, 5.41) is 8.78. The third-order valence-electron chi connectivity index (χ3n) is 5.85. The molecule has 1 saturated heterocycles. The second-order valence-corrected chi connectivity index (χ2v) is 9.80. The van der Waals surface area contributed by atoms with Crippen LogP contribution in [0, 0.1) is 5.92 Å². The molecule has 1 aliphatic rings. The number of piperidine rings is 1. The minimum Gasteiger partial charge on any atom is -0.497 e. The van der Waals surface area contributed by atoms with Gasteiger partial charge < -0.3 is 14.4 Å². The zero-order valence-electron chi connectivity index (χ0n) is 19.0. The Morgan fingerprint density at radius 3 is 2.27 bits per heavy atom. The molecule has 0 spiro atoms. The molecule has 2 heterocycles. The molecule has 0 atom stereocenters. The smallest absolute Gasteiger partial charge is 0.265 e. The molecule has 0 aliphatic carbocycles. The Morgan fingerprint density at radius 2 is 1.67 bits per heavy atom. The number of sulfonamides is 1. The van der Waals surface area contributed by atoms with Crippen LogP contribution >= 0.6 is 0 Å². The number of benzene rings is 2. The molecule has 33 heavy (non-hydrogen) atoms. The van der Waals surface area contributed by atoms with Crippen molar-refractivity contribution in [3.63, 3.8) is 0 Å². The van der Waals surface area contributed by atoms with E-state index in [9.17, 15) is 8.42 Å². The Kier molecular flexibility index (Phi) is 6.69. The summed E-state index contributed by atoms with van der Waals surface area (Å²) >= 11 is 0. The van der Waals surface area contributed by atoms with Crippen LogP contribution in [0.2, 0.25) is 0 Å². The summed E-state index contributed by atoms with van der Waals surface area (Å²) in [5.41, 5.74) is 2.01. The predicted octanol–water partition coefficient (Wildman–Crippen LogP) is 4.20. The Labute approximate surface area is 194 Å². The molecule has 1 aromatic heterocycles. The maximum Gasteiger partial charge on any atom is 0.265 e. The van der Waals surface area contributed by atoms with Crippen molar-refractivity contribution in [2.45, 2.75) is 24.7 Å². The molecule has 174 valence electrons. The van der Waals surface area contributed by atoms with E-state index in [1.54, 1.807) is 24.3 Å². The lowest BCUT2D eigenvalue weighted by atomic mass is 9.99. The first kappa shape index (κ1) is 22.8. The summed E-state index contributed by atoms with van der Waals surface area (Å²) in [6, 6.07) is 15.6. The van der Waals surface area contributed by atoms with Crippen LogP contribution in [0.25, 0.3) is 11.3 Å². The first-order chi connectivity index (χ1) is 15.9. The van der Waals surface area contributed by atoms with Crippen molar-refractivity contribution >= 4 is 21.5 Å². The second-order valence-electron chi connectivity index (χ2n) is 8.15.